The summed E-state index contributed by atoms with van der Waals surface area (Å²) >= 11 is 0. The fourth-order valence-electron chi connectivity index (χ4n) is 1.01. The summed E-state index contributed by atoms with van der Waals surface area (Å²) in [6, 6.07) is 1.90. The Morgan fingerprint density at radius 2 is 2.00 bits per heavy atom. The molecule has 0 saturated carbocycles. The van der Waals surface area contributed by atoms with E-state index in [1.54, 1.807) is 20.8 Å². The first-order chi connectivity index (χ1) is 6.76. The second kappa shape index (κ2) is 5.59. The summed E-state index contributed by atoms with van der Waals surface area (Å²) in [5, 5.41) is 11.3. The molecule has 0 fully saturated rings. The van der Waals surface area contributed by atoms with Crippen LogP contribution in [0.4, 0.5) is 4.79 Å². The van der Waals surface area contributed by atoms with Crippen LogP contribution >= 0.6 is 0 Å². The molecule has 15 heavy (non-hydrogen) atoms. The van der Waals surface area contributed by atoms with E-state index in [9.17, 15) is 4.79 Å². The van der Waals surface area contributed by atoms with E-state index in [-0.39, 0.29) is 12.0 Å². The maximum absolute atomic E-state index is 11.4. The Kier molecular flexibility index (Phi) is 5.13. The topological polar surface area (TPSA) is 62.1 Å². The lowest BCUT2D eigenvalue weighted by Crippen LogP contribution is -2.41. The van der Waals surface area contributed by atoms with E-state index in [0.29, 0.717) is 6.42 Å². The highest BCUT2D eigenvalue weighted by Crippen LogP contribution is 2.09. The highest BCUT2D eigenvalue weighted by atomic mass is 16.6. The Hall–Kier alpha value is -1.24. The highest BCUT2D eigenvalue weighted by molar-refractivity contribution is 5.68. The van der Waals surface area contributed by atoms with Gasteiger partial charge in [-0.15, -0.1) is 0 Å². The normalized spacial score (nSPS) is 13.1. The molecular formula is C11H20N2O2. The molecule has 1 amide bonds. The SMILES string of the molecule is CC(C)C(CC#N)NC(=O)OC(C)(C)C. The summed E-state index contributed by atoms with van der Waals surface area (Å²) < 4.78 is 5.11. The zero-order valence-corrected chi connectivity index (χ0v) is 10.1. The Morgan fingerprint density at radius 3 is 2.33 bits per heavy atom. The predicted octanol–water partition coefficient (Wildman–Crippen LogP) is 2.45. The van der Waals surface area contributed by atoms with Crippen molar-refractivity contribution in [3.05, 3.63) is 0 Å². The molecule has 0 heterocycles. The highest BCUT2D eigenvalue weighted by Gasteiger charge is 2.20. The molecule has 4 nitrogen and oxygen atoms in total. The lowest BCUT2D eigenvalue weighted by molar-refractivity contribution is 0.0492. The van der Waals surface area contributed by atoms with Crippen LogP contribution in [-0.4, -0.2) is 17.7 Å². The summed E-state index contributed by atoms with van der Waals surface area (Å²) in [5.41, 5.74) is -0.502. The van der Waals surface area contributed by atoms with Crippen LogP contribution in [0.1, 0.15) is 41.0 Å². The van der Waals surface area contributed by atoms with Crippen LogP contribution in [0.3, 0.4) is 0 Å². The zero-order valence-electron chi connectivity index (χ0n) is 10.1. The van der Waals surface area contributed by atoms with E-state index in [1.807, 2.05) is 19.9 Å². The zero-order chi connectivity index (χ0) is 12.1. The van der Waals surface area contributed by atoms with E-state index >= 15 is 0 Å². The van der Waals surface area contributed by atoms with Gasteiger partial charge >= 0.3 is 6.09 Å². The summed E-state index contributed by atoms with van der Waals surface area (Å²) in [5.74, 6) is 0.220. The monoisotopic (exact) mass is 212 g/mol. The van der Waals surface area contributed by atoms with Crippen molar-refractivity contribution in [2.45, 2.75) is 52.7 Å². The third-order valence-electron chi connectivity index (χ3n) is 1.82. The van der Waals surface area contributed by atoms with Gasteiger partial charge in [-0.1, -0.05) is 13.8 Å². The molecule has 0 saturated heterocycles. The molecule has 0 radical (unpaired) electrons. The molecule has 4 heteroatoms. The average Bonchev–Trinajstić information content (AvgIpc) is 1.99. The number of nitrogens with zero attached hydrogens (tertiary/aromatic N) is 1. The van der Waals surface area contributed by atoms with Gasteiger partial charge < -0.3 is 10.1 Å². The first-order valence-corrected chi connectivity index (χ1v) is 5.12. The molecule has 0 aliphatic heterocycles. The number of alkyl carbamates (subject to hydrolysis) is 1. The smallest absolute Gasteiger partial charge is 0.407 e. The van der Waals surface area contributed by atoms with Gasteiger partial charge in [0.25, 0.3) is 0 Å². The largest absolute Gasteiger partial charge is 0.444 e. The molecule has 0 aromatic rings. The van der Waals surface area contributed by atoms with Crippen LogP contribution in [0.5, 0.6) is 0 Å². The third kappa shape index (κ3) is 6.78. The Labute approximate surface area is 91.6 Å². The fraction of sp³-hybridized carbons (Fsp3) is 0.818. The van der Waals surface area contributed by atoms with E-state index in [4.69, 9.17) is 10.00 Å². The Morgan fingerprint density at radius 1 is 1.47 bits per heavy atom. The lowest BCUT2D eigenvalue weighted by atomic mass is 10.0. The molecule has 0 aliphatic carbocycles. The summed E-state index contributed by atoms with van der Waals surface area (Å²) in [7, 11) is 0. The minimum Gasteiger partial charge on any atom is -0.444 e. The van der Waals surface area contributed by atoms with Crippen LogP contribution in [-0.2, 0) is 4.74 Å². The van der Waals surface area contributed by atoms with Crippen molar-refractivity contribution in [2.24, 2.45) is 5.92 Å². The average molecular weight is 212 g/mol. The van der Waals surface area contributed by atoms with Crippen molar-refractivity contribution in [3.8, 4) is 6.07 Å². The number of nitrogens with one attached hydrogen (secondary N) is 1. The van der Waals surface area contributed by atoms with Gasteiger partial charge in [0, 0.05) is 6.04 Å². The minimum absolute atomic E-state index is 0.148. The molecule has 0 spiro atoms. The minimum atomic E-state index is -0.502. The van der Waals surface area contributed by atoms with E-state index in [0.717, 1.165) is 0 Å². The molecule has 1 unspecified atom stereocenters. The van der Waals surface area contributed by atoms with Crippen molar-refractivity contribution in [1.82, 2.24) is 5.32 Å². The van der Waals surface area contributed by atoms with Crippen LogP contribution in [0.15, 0.2) is 0 Å². The van der Waals surface area contributed by atoms with Crippen molar-refractivity contribution in [1.29, 1.82) is 5.26 Å². The van der Waals surface area contributed by atoms with Gasteiger partial charge in [-0.25, -0.2) is 4.79 Å². The van der Waals surface area contributed by atoms with Crippen LogP contribution in [0.25, 0.3) is 0 Å². The van der Waals surface area contributed by atoms with Crippen molar-refractivity contribution >= 4 is 6.09 Å². The van der Waals surface area contributed by atoms with E-state index in [2.05, 4.69) is 5.32 Å². The quantitative estimate of drug-likeness (QED) is 0.781. The molecule has 86 valence electrons. The fourth-order valence-corrected chi connectivity index (χ4v) is 1.01. The number of carbonyl (C=O) groups excluding carboxylic acids is 1. The third-order valence-corrected chi connectivity index (χ3v) is 1.82. The van der Waals surface area contributed by atoms with Gasteiger partial charge in [0.15, 0.2) is 0 Å². The number of nitriles is 1. The lowest BCUT2D eigenvalue weighted by Gasteiger charge is -2.24. The summed E-state index contributed by atoms with van der Waals surface area (Å²) in [4.78, 5) is 11.4. The van der Waals surface area contributed by atoms with Crippen LogP contribution in [0, 0.1) is 17.2 Å². The molecule has 0 aromatic carbocycles. The van der Waals surface area contributed by atoms with Gasteiger partial charge in [-0.2, -0.15) is 5.26 Å². The molecule has 1 atom stereocenters. The van der Waals surface area contributed by atoms with E-state index < -0.39 is 11.7 Å². The first kappa shape index (κ1) is 13.8. The van der Waals surface area contributed by atoms with Crippen molar-refractivity contribution < 1.29 is 9.53 Å². The van der Waals surface area contributed by atoms with Gasteiger partial charge in [0.05, 0.1) is 12.5 Å². The number of ether oxygens (including phenoxy) is 1. The van der Waals surface area contributed by atoms with Crippen LogP contribution in [0.2, 0.25) is 0 Å². The number of amides is 1. The molecule has 0 rings (SSSR count). The number of hydrogen-bond acceptors (Lipinski definition) is 3. The molecule has 1 N–H and O–H groups in total. The summed E-state index contributed by atoms with van der Waals surface area (Å²) in [6.45, 7) is 9.34. The van der Waals surface area contributed by atoms with Gasteiger partial charge in [-0.05, 0) is 26.7 Å². The molecule has 0 aliphatic rings. The summed E-state index contributed by atoms with van der Waals surface area (Å²) in [6.07, 6.45) is -0.159. The standard InChI is InChI=1S/C11H20N2O2/c1-8(2)9(6-7-12)13-10(14)15-11(3,4)5/h8-9H,6H2,1-5H3,(H,13,14). The van der Waals surface area contributed by atoms with Crippen molar-refractivity contribution in [3.63, 3.8) is 0 Å². The predicted molar refractivity (Wildman–Crippen MR) is 58.2 cm³/mol. The molecule has 0 bridgehead atoms. The Bertz CT molecular complexity index is 248. The van der Waals surface area contributed by atoms with Crippen LogP contribution < -0.4 is 5.32 Å². The first-order valence-electron chi connectivity index (χ1n) is 5.12. The second-order valence-electron chi connectivity index (χ2n) is 4.86. The number of carbonyl (C=O) groups is 1. The Balaban J connectivity index is 4.19. The number of hydrogen-bond donors (Lipinski definition) is 1. The van der Waals surface area contributed by atoms with E-state index in [1.165, 1.54) is 0 Å². The maximum atomic E-state index is 11.4. The second-order valence-corrected chi connectivity index (χ2v) is 4.86. The van der Waals surface area contributed by atoms with Gasteiger partial charge in [-0.3, -0.25) is 0 Å². The van der Waals surface area contributed by atoms with Gasteiger partial charge in [0.1, 0.15) is 5.60 Å². The molecule has 0 aromatic heterocycles. The number of rotatable bonds is 3. The van der Waals surface area contributed by atoms with Gasteiger partial charge in [0.2, 0.25) is 0 Å². The van der Waals surface area contributed by atoms with Crippen molar-refractivity contribution in [2.75, 3.05) is 0 Å². The maximum Gasteiger partial charge on any atom is 0.407 e. The molecular weight excluding hydrogens is 192 g/mol.